The normalized spacial score (nSPS) is 11.8. The molecule has 0 bridgehead atoms. The second-order valence-electron chi connectivity index (χ2n) is 4.23. The topological polar surface area (TPSA) is 86.7 Å². The molecule has 1 aromatic carbocycles. The minimum Gasteiger partial charge on any atom is -0.478 e. The summed E-state index contributed by atoms with van der Waals surface area (Å²) in [5, 5.41) is 11.9. The molecule has 0 radical (unpaired) electrons. The molecular weight excluding hydrogens is 304 g/mol. The molecule has 0 amide bonds. The second kappa shape index (κ2) is 7.03. The Morgan fingerprint density at radius 1 is 1.45 bits per heavy atom. The van der Waals surface area contributed by atoms with Crippen molar-refractivity contribution in [1.82, 2.24) is 9.62 Å². The Bertz CT molecular complexity index is 589. The molecule has 0 spiro atoms. The fourth-order valence-electron chi connectivity index (χ4n) is 1.61. The Hall–Kier alpha value is -1.15. The standard InChI is InChI=1S/C12H17ClN2O4S/c1-14-6-3-7-15(2)20(18,19)9-4-5-11(13)10(8-9)12(16)17/h4-5,8,14H,3,6-7H2,1-2H3,(H,16,17). The van der Waals surface area contributed by atoms with E-state index in [0.29, 0.717) is 19.5 Å². The predicted molar refractivity (Wildman–Crippen MR) is 76.8 cm³/mol. The van der Waals surface area contributed by atoms with Crippen LogP contribution in [-0.4, -0.2) is 51.0 Å². The summed E-state index contributed by atoms with van der Waals surface area (Å²) in [6, 6.07) is 3.66. The van der Waals surface area contributed by atoms with E-state index in [1.807, 2.05) is 0 Å². The van der Waals surface area contributed by atoms with Gasteiger partial charge in [-0.2, -0.15) is 0 Å². The molecule has 0 atom stereocenters. The molecule has 0 aliphatic heterocycles. The lowest BCUT2D eigenvalue weighted by molar-refractivity contribution is 0.0697. The highest BCUT2D eigenvalue weighted by molar-refractivity contribution is 7.89. The van der Waals surface area contributed by atoms with Gasteiger partial charge in [0.1, 0.15) is 0 Å². The first kappa shape index (κ1) is 16.9. The second-order valence-corrected chi connectivity index (χ2v) is 6.68. The fourth-order valence-corrected chi connectivity index (χ4v) is 3.04. The largest absolute Gasteiger partial charge is 0.478 e. The summed E-state index contributed by atoms with van der Waals surface area (Å²) >= 11 is 5.73. The number of benzene rings is 1. The van der Waals surface area contributed by atoms with E-state index in [4.69, 9.17) is 16.7 Å². The number of aromatic carboxylic acids is 1. The van der Waals surface area contributed by atoms with E-state index in [9.17, 15) is 13.2 Å². The van der Waals surface area contributed by atoms with E-state index in [0.717, 1.165) is 6.07 Å². The number of nitrogens with one attached hydrogen (secondary N) is 1. The van der Waals surface area contributed by atoms with Gasteiger partial charge in [0.05, 0.1) is 15.5 Å². The SMILES string of the molecule is CNCCCN(C)S(=O)(=O)c1ccc(Cl)c(C(=O)O)c1. The molecular formula is C12H17ClN2O4S. The number of halogens is 1. The van der Waals surface area contributed by atoms with Gasteiger partial charge in [0, 0.05) is 13.6 Å². The highest BCUT2D eigenvalue weighted by Gasteiger charge is 2.22. The van der Waals surface area contributed by atoms with Crippen molar-refractivity contribution in [1.29, 1.82) is 0 Å². The number of carboxylic acid groups (broad SMARTS) is 1. The van der Waals surface area contributed by atoms with Crippen LogP contribution < -0.4 is 5.32 Å². The molecule has 112 valence electrons. The summed E-state index contributed by atoms with van der Waals surface area (Å²) in [6.07, 6.45) is 0.658. The highest BCUT2D eigenvalue weighted by atomic mass is 35.5. The van der Waals surface area contributed by atoms with Gasteiger partial charge in [-0.15, -0.1) is 0 Å². The first-order chi connectivity index (χ1) is 9.30. The Morgan fingerprint density at radius 3 is 2.65 bits per heavy atom. The minimum atomic E-state index is -3.71. The average Bonchev–Trinajstić information content (AvgIpc) is 2.38. The lowest BCUT2D eigenvalue weighted by Gasteiger charge is -2.17. The summed E-state index contributed by atoms with van der Waals surface area (Å²) in [7, 11) is -0.466. The van der Waals surface area contributed by atoms with Crippen molar-refractivity contribution < 1.29 is 18.3 Å². The maximum absolute atomic E-state index is 12.3. The van der Waals surface area contributed by atoms with Gasteiger partial charge in [0.25, 0.3) is 0 Å². The molecule has 2 N–H and O–H groups in total. The molecule has 6 nitrogen and oxygen atoms in total. The van der Waals surface area contributed by atoms with Crippen LogP contribution in [0.25, 0.3) is 0 Å². The van der Waals surface area contributed by atoms with Gasteiger partial charge >= 0.3 is 5.97 Å². The summed E-state index contributed by atoms with van der Waals surface area (Å²) < 4.78 is 25.8. The number of nitrogens with zero attached hydrogens (tertiary/aromatic N) is 1. The van der Waals surface area contributed by atoms with Crippen LogP contribution in [0.4, 0.5) is 0 Å². The van der Waals surface area contributed by atoms with Crippen LogP contribution in [0.2, 0.25) is 5.02 Å². The molecule has 0 aliphatic rings. The minimum absolute atomic E-state index is 0.00860. The third-order valence-electron chi connectivity index (χ3n) is 2.78. The molecule has 0 aromatic heterocycles. The molecule has 0 fully saturated rings. The van der Waals surface area contributed by atoms with E-state index >= 15 is 0 Å². The zero-order valence-electron chi connectivity index (χ0n) is 11.3. The molecule has 0 heterocycles. The zero-order chi connectivity index (χ0) is 15.3. The monoisotopic (exact) mass is 320 g/mol. The first-order valence-corrected chi connectivity index (χ1v) is 7.76. The van der Waals surface area contributed by atoms with E-state index < -0.39 is 16.0 Å². The van der Waals surface area contributed by atoms with Crippen molar-refractivity contribution in [2.75, 3.05) is 27.2 Å². The number of hydrogen-bond donors (Lipinski definition) is 2. The van der Waals surface area contributed by atoms with Crippen LogP contribution in [0.1, 0.15) is 16.8 Å². The third kappa shape index (κ3) is 3.92. The molecule has 0 saturated heterocycles. The number of sulfonamides is 1. The smallest absolute Gasteiger partial charge is 0.337 e. The maximum atomic E-state index is 12.3. The number of carbonyl (C=O) groups is 1. The van der Waals surface area contributed by atoms with Crippen LogP contribution in [0, 0.1) is 0 Å². The van der Waals surface area contributed by atoms with Crippen molar-refractivity contribution in [3.8, 4) is 0 Å². The van der Waals surface area contributed by atoms with Crippen LogP contribution in [0.5, 0.6) is 0 Å². The first-order valence-electron chi connectivity index (χ1n) is 5.94. The van der Waals surface area contributed by atoms with Crippen molar-refractivity contribution in [2.45, 2.75) is 11.3 Å². The van der Waals surface area contributed by atoms with Crippen molar-refractivity contribution >= 4 is 27.6 Å². The van der Waals surface area contributed by atoms with Gasteiger partial charge in [-0.3, -0.25) is 0 Å². The van der Waals surface area contributed by atoms with E-state index in [-0.39, 0.29) is 15.5 Å². The number of carboxylic acids is 1. The van der Waals surface area contributed by atoms with Crippen LogP contribution in [0.15, 0.2) is 23.1 Å². The van der Waals surface area contributed by atoms with Crippen LogP contribution in [0.3, 0.4) is 0 Å². The molecule has 8 heteroatoms. The van der Waals surface area contributed by atoms with E-state index in [2.05, 4.69) is 5.32 Å². The number of hydrogen-bond acceptors (Lipinski definition) is 4. The molecule has 0 aliphatic carbocycles. The molecule has 0 saturated carbocycles. The van der Waals surface area contributed by atoms with Crippen molar-refractivity contribution in [2.24, 2.45) is 0 Å². The lowest BCUT2D eigenvalue weighted by atomic mass is 10.2. The highest BCUT2D eigenvalue weighted by Crippen LogP contribution is 2.22. The van der Waals surface area contributed by atoms with Crippen molar-refractivity contribution in [3.63, 3.8) is 0 Å². The Balaban J connectivity index is 3.03. The average molecular weight is 321 g/mol. The Labute approximate surface area is 123 Å². The third-order valence-corrected chi connectivity index (χ3v) is 4.96. The molecule has 20 heavy (non-hydrogen) atoms. The quantitative estimate of drug-likeness (QED) is 0.739. The lowest BCUT2D eigenvalue weighted by Crippen LogP contribution is -2.29. The summed E-state index contributed by atoms with van der Waals surface area (Å²) in [5.74, 6) is -1.26. The van der Waals surface area contributed by atoms with Gasteiger partial charge < -0.3 is 10.4 Å². The van der Waals surface area contributed by atoms with Crippen LogP contribution in [-0.2, 0) is 10.0 Å². The predicted octanol–water partition coefficient (Wildman–Crippen LogP) is 1.27. The van der Waals surface area contributed by atoms with Crippen LogP contribution >= 0.6 is 11.6 Å². The van der Waals surface area contributed by atoms with Gasteiger partial charge in [-0.1, -0.05) is 11.6 Å². The Morgan fingerprint density at radius 2 is 2.10 bits per heavy atom. The molecule has 1 rings (SSSR count). The Kier molecular flexibility index (Phi) is 5.94. The molecule has 0 unspecified atom stereocenters. The molecule has 1 aromatic rings. The maximum Gasteiger partial charge on any atom is 0.337 e. The number of rotatable bonds is 7. The van der Waals surface area contributed by atoms with Gasteiger partial charge in [-0.05, 0) is 38.2 Å². The van der Waals surface area contributed by atoms with Crippen molar-refractivity contribution in [3.05, 3.63) is 28.8 Å². The zero-order valence-corrected chi connectivity index (χ0v) is 12.8. The fraction of sp³-hybridized carbons (Fsp3) is 0.417. The summed E-state index contributed by atoms with van der Waals surface area (Å²) in [4.78, 5) is 10.9. The van der Waals surface area contributed by atoms with Gasteiger partial charge in [0.2, 0.25) is 10.0 Å². The van der Waals surface area contributed by atoms with E-state index in [1.165, 1.54) is 23.5 Å². The van der Waals surface area contributed by atoms with Gasteiger partial charge in [-0.25, -0.2) is 17.5 Å². The van der Waals surface area contributed by atoms with Gasteiger partial charge in [0.15, 0.2) is 0 Å². The van der Waals surface area contributed by atoms with E-state index in [1.54, 1.807) is 7.05 Å². The summed E-state index contributed by atoms with van der Waals surface area (Å²) in [6.45, 7) is 1.04. The summed E-state index contributed by atoms with van der Waals surface area (Å²) in [5.41, 5.74) is -0.226.